The molecular weight excluding hydrogens is 262 g/mol. The number of hydrogen-bond acceptors (Lipinski definition) is 5. The molecule has 0 aliphatic heterocycles. The number of hydrogen-bond donors (Lipinski definition) is 1. The molecule has 1 aromatic rings. The molecule has 0 radical (unpaired) electrons. The Morgan fingerprint density at radius 2 is 2.05 bits per heavy atom. The lowest BCUT2D eigenvalue weighted by atomic mass is 10.1. The van der Waals surface area contributed by atoms with Crippen LogP contribution in [0.15, 0.2) is 18.3 Å². The first-order valence-electron chi connectivity index (χ1n) is 6.54. The van der Waals surface area contributed by atoms with Gasteiger partial charge in [0.05, 0.1) is 5.69 Å². The zero-order valence-electron chi connectivity index (χ0n) is 11.5. The first kappa shape index (κ1) is 15.9. The lowest BCUT2D eigenvalue weighted by molar-refractivity contribution is -0.389. The average Bonchev–Trinajstić information content (AvgIpc) is 2.42. The van der Waals surface area contributed by atoms with E-state index in [0.29, 0.717) is 6.42 Å². The van der Waals surface area contributed by atoms with Gasteiger partial charge in [0.15, 0.2) is 6.20 Å². The van der Waals surface area contributed by atoms with Crippen LogP contribution in [-0.4, -0.2) is 34.6 Å². The Morgan fingerprint density at radius 3 is 2.60 bits per heavy atom. The van der Waals surface area contributed by atoms with Crippen LogP contribution in [0.3, 0.4) is 0 Å². The highest BCUT2D eigenvalue weighted by Crippen LogP contribution is 2.15. The van der Waals surface area contributed by atoms with Gasteiger partial charge in [-0.1, -0.05) is 12.8 Å². The molecule has 1 aromatic heterocycles. The number of aromatic nitrogens is 1. The molecule has 0 aliphatic rings. The highest BCUT2D eigenvalue weighted by molar-refractivity contribution is 5.66. The van der Waals surface area contributed by atoms with Crippen molar-refractivity contribution in [1.82, 2.24) is 4.98 Å². The molecule has 0 unspecified atom stereocenters. The van der Waals surface area contributed by atoms with Gasteiger partial charge >= 0.3 is 11.8 Å². The molecule has 1 rings (SSSR count). The molecule has 7 heteroatoms. The molecule has 0 spiro atoms. The number of unbranched alkanes of at least 4 members (excludes halogenated alkanes) is 3. The molecule has 0 saturated carbocycles. The second-order valence-electron chi connectivity index (χ2n) is 4.61. The Bertz CT molecular complexity index is 447. The summed E-state index contributed by atoms with van der Waals surface area (Å²) >= 11 is 0. The average molecular weight is 281 g/mol. The molecule has 0 bridgehead atoms. The summed E-state index contributed by atoms with van der Waals surface area (Å²) in [7, 11) is 1.90. The zero-order chi connectivity index (χ0) is 15.0. The smallest absolute Gasteiger partial charge is 0.363 e. The number of carboxylic acid groups (broad SMARTS) is 1. The van der Waals surface area contributed by atoms with Crippen LogP contribution in [0.1, 0.15) is 32.1 Å². The van der Waals surface area contributed by atoms with Crippen LogP contribution in [0.4, 0.5) is 11.5 Å². The molecule has 110 valence electrons. The van der Waals surface area contributed by atoms with E-state index in [1.165, 1.54) is 12.3 Å². The van der Waals surface area contributed by atoms with Crippen LogP contribution in [-0.2, 0) is 4.79 Å². The van der Waals surface area contributed by atoms with Gasteiger partial charge in [-0.15, -0.1) is 0 Å². The summed E-state index contributed by atoms with van der Waals surface area (Å²) in [6.45, 7) is 0.812. The Labute approximate surface area is 117 Å². The van der Waals surface area contributed by atoms with Crippen LogP contribution in [0.25, 0.3) is 0 Å². The van der Waals surface area contributed by atoms with E-state index in [9.17, 15) is 14.9 Å². The zero-order valence-corrected chi connectivity index (χ0v) is 11.5. The van der Waals surface area contributed by atoms with Gasteiger partial charge in [-0.05, 0) is 28.8 Å². The first-order valence-corrected chi connectivity index (χ1v) is 6.54. The molecule has 20 heavy (non-hydrogen) atoms. The fourth-order valence-corrected chi connectivity index (χ4v) is 1.82. The van der Waals surface area contributed by atoms with Crippen LogP contribution in [0, 0.1) is 10.1 Å². The number of rotatable bonds is 9. The first-order chi connectivity index (χ1) is 9.50. The van der Waals surface area contributed by atoms with Crippen LogP contribution >= 0.6 is 0 Å². The van der Waals surface area contributed by atoms with E-state index in [2.05, 4.69) is 4.98 Å². The standard InChI is InChI=1S/C13H19N3O4/c1-15(9-5-3-2-4-6-13(17)18)11-7-8-12(14-10-11)16(19)20/h7-8,10H,2-6,9H2,1H3,(H,17,18). The van der Waals surface area contributed by atoms with E-state index in [1.54, 1.807) is 6.07 Å². The molecular formula is C13H19N3O4. The predicted molar refractivity (Wildman–Crippen MR) is 74.9 cm³/mol. The van der Waals surface area contributed by atoms with Crippen molar-refractivity contribution in [2.24, 2.45) is 0 Å². The SMILES string of the molecule is CN(CCCCCCC(=O)O)c1ccc([N+](=O)[O-])nc1. The van der Waals surface area contributed by atoms with E-state index < -0.39 is 10.9 Å². The van der Waals surface area contributed by atoms with Gasteiger partial charge in [0.2, 0.25) is 0 Å². The van der Waals surface area contributed by atoms with E-state index in [1.807, 2.05) is 11.9 Å². The second-order valence-corrected chi connectivity index (χ2v) is 4.61. The largest absolute Gasteiger partial charge is 0.481 e. The van der Waals surface area contributed by atoms with Gasteiger partial charge in [0, 0.05) is 26.1 Å². The maximum Gasteiger partial charge on any atom is 0.363 e. The molecule has 1 N–H and O–H groups in total. The Hall–Kier alpha value is -2.18. The summed E-state index contributed by atoms with van der Waals surface area (Å²) in [6.07, 6.45) is 5.24. The van der Waals surface area contributed by atoms with Crippen molar-refractivity contribution in [1.29, 1.82) is 0 Å². The predicted octanol–water partition coefficient (Wildman–Crippen LogP) is 2.46. The normalized spacial score (nSPS) is 10.2. The number of carbonyl (C=O) groups is 1. The summed E-state index contributed by atoms with van der Waals surface area (Å²) in [4.78, 5) is 26.1. The molecule has 7 nitrogen and oxygen atoms in total. The Balaban J connectivity index is 2.26. The highest BCUT2D eigenvalue weighted by atomic mass is 16.6. The number of aliphatic carboxylic acids is 1. The van der Waals surface area contributed by atoms with Crippen molar-refractivity contribution in [3.8, 4) is 0 Å². The van der Waals surface area contributed by atoms with E-state index in [4.69, 9.17) is 5.11 Å². The third kappa shape index (κ3) is 5.64. The van der Waals surface area contributed by atoms with Crippen LogP contribution in [0.2, 0.25) is 0 Å². The molecule has 0 aliphatic carbocycles. The lowest BCUT2D eigenvalue weighted by Crippen LogP contribution is -2.18. The molecule has 0 saturated heterocycles. The van der Waals surface area contributed by atoms with Crippen molar-refractivity contribution in [2.75, 3.05) is 18.5 Å². The summed E-state index contributed by atoms with van der Waals surface area (Å²) in [5, 5.41) is 19.0. The minimum Gasteiger partial charge on any atom is -0.481 e. The van der Waals surface area contributed by atoms with E-state index in [0.717, 1.165) is 31.5 Å². The summed E-state index contributed by atoms with van der Waals surface area (Å²) in [6, 6.07) is 3.06. The molecule has 1 heterocycles. The van der Waals surface area contributed by atoms with Gasteiger partial charge in [-0.2, -0.15) is 0 Å². The van der Waals surface area contributed by atoms with Gasteiger partial charge in [0.25, 0.3) is 0 Å². The number of pyridine rings is 1. The maximum atomic E-state index is 10.5. The van der Waals surface area contributed by atoms with Crippen molar-refractivity contribution in [3.05, 3.63) is 28.4 Å². The van der Waals surface area contributed by atoms with Crippen LogP contribution < -0.4 is 4.90 Å². The Kier molecular flexibility index (Phi) is 6.42. The fourth-order valence-electron chi connectivity index (χ4n) is 1.82. The number of anilines is 1. The topological polar surface area (TPSA) is 96.6 Å². The van der Waals surface area contributed by atoms with Gasteiger partial charge < -0.3 is 20.1 Å². The van der Waals surface area contributed by atoms with Crippen LogP contribution in [0.5, 0.6) is 0 Å². The molecule has 0 aromatic carbocycles. The number of nitrogens with zero attached hydrogens (tertiary/aromatic N) is 3. The van der Waals surface area contributed by atoms with E-state index in [-0.39, 0.29) is 12.2 Å². The lowest BCUT2D eigenvalue weighted by Gasteiger charge is -2.17. The number of nitro groups is 1. The van der Waals surface area contributed by atoms with Crippen molar-refractivity contribution < 1.29 is 14.8 Å². The van der Waals surface area contributed by atoms with Crippen molar-refractivity contribution in [3.63, 3.8) is 0 Å². The van der Waals surface area contributed by atoms with Gasteiger partial charge in [0.1, 0.15) is 0 Å². The second kappa shape index (κ2) is 8.08. The van der Waals surface area contributed by atoms with Gasteiger partial charge in [-0.3, -0.25) is 4.79 Å². The highest BCUT2D eigenvalue weighted by Gasteiger charge is 2.08. The quantitative estimate of drug-likeness (QED) is 0.424. The maximum absolute atomic E-state index is 10.5. The number of carboxylic acids is 1. The summed E-state index contributed by atoms with van der Waals surface area (Å²) in [5.41, 5.74) is 0.834. The fraction of sp³-hybridized carbons (Fsp3) is 0.538. The Morgan fingerprint density at radius 1 is 1.35 bits per heavy atom. The third-order valence-corrected chi connectivity index (χ3v) is 2.99. The monoisotopic (exact) mass is 281 g/mol. The third-order valence-electron chi connectivity index (χ3n) is 2.99. The van der Waals surface area contributed by atoms with Gasteiger partial charge in [-0.25, -0.2) is 0 Å². The molecule has 0 fully saturated rings. The minimum atomic E-state index is -0.751. The molecule has 0 amide bonds. The molecule has 0 atom stereocenters. The van der Waals surface area contributed by atoms with E-state index >= 15 is 0 Å². The summed E-state index contributed by atoms with van der Waals surface area (Å²) in [5.74, 6) is -0.908. The summed E-state index contributed by atoms with van der Waals surface area (Å²) < 4.78 is 0. The van der Waals surface area contributed by atoms with Crippen molar-refractivity contribution in [2.45, 2.75) is 32.1 Å². The minimum absolute atomic E-state index is 0.157. The van der Waals surface area contributed by atoms with Crippen molar-refractivity contribution >= 4 is 17.5 Å².